The van der Waals surface area contributed by atoms with Gasteiger partial charge in [-0.3, -0.25) is 9.59 Å². The van der Waals surface area contributed by atoms with Gasteiger partial charge in [-0.05, 0) is 55.9 Å². The van der Waals surface area contributed by atoms with Crippen molar-refractivity contribution >= 4 is 11.9 Å². The Kier molecular flexibility index (Phi) is 4.94. The van der Waals surface area contributed by atoms with Crippen molar-refractivity contribution in [1.29, 1.82) is 0 Å². The summed E-state index contributed by atoms with van der Waals surface area (Å²) in [4.78, 5) is 24.8. The fourth-order valence-electron chi connectivity index (χ4n) is 2.77. The Bertz CT molecular complexity index is 544. The van der Waals surface area contributed by atoms with Crippen molar-refractivity contribution < 1.29 is 19.1 Å². The number of carboxylic acid groups (broad SMARTS) is 1. The van der Waals surface area contributed by atoms with Crippen LogP contribution in [0.4, 0.5) is 4.39 Å². The number of halogens is 1. The van der Waals surface area contributed by atoms with Crippen LogP contribution in [0.25, 0.3) is 0 Å². The minimum atomic E-state index is -0.799. The number of carbonyl (C=O) groups excluding carboxylic acids is 1. The summed E-state index contributed by atoms with van der Waals surface area (Å²) < 4.78 is 13.3. The summed E-state index contributed by atoms with van der Waals surface area (Å²) >= 11 is 0. The van der Waals surface area contributed by atoms with Crippen molar-refractivity contribution in [3.05, 3.63) is 35.1 Å². The zero-order valence-electron chi connectivity index (χ0n) is 12.1. The molecule has 1 aliphatic heterocycles. The Balaban J connectivity index is 2.01. The number of nitrogens with zero attached hydrogens (tertiary/aromatic N) is 1. The lowest BCUT2D eigenvalue weighted by Gasteiger charge is -2.32. The van der Waals surface area contributed by atoms with Crippen LogP contribution in [0.2, 0.25) is 0 Å². The summed E-state index contributed by atoms with van der Waals surface area (Å²) in [6.45, 7) is 2.90. The van der Waals surface area contributed by atoms with Crippen LogP contribution in [-0.4, -0.2) is 35.0 Å². The molecule has 1 heterocycles. The molecule has 21 heavy (non-hydrogen) atoms. The Morgan fingerprint density at radius 3 is 2.86 bits per heavy atom. The lowest BCUT2D eigenvalue weighted by Crippen LogP contribution is -2.40. The van der Waals surface area contributed by atoms with Gasteiger partial charge in [-0.25, -0.2) is 4.39 Å². The molecule has 1 aromatic rings. The molecular formula is C16H20FNO3. The third-order valence-electron chi connectivity index (χ3n) is 3.98. The van der Waals surface area contributed by atoms with Crippen molar-refractivity contribution in [2.24, 2.45) is 5.92 Å². The molecule has 114 valence electrons. The summed E-state index contributed by atoms with van der Waals surface area (Å²) in [5.41, 5.74) is 0.952. The monoisotopic (exact) mass is 293 g/mol. The van der Waals surface area contributed by atoms with E-state index in [1.165, 1.54) is 12.1 Å². The van der Waals surface area contributed by atoms with Gasteiger partial charge in [0, 0.05) is 25.1 Å². The molecule has 5 heteroatoms. The standard InChI is InChI=1S/C16H20FNO3/c1-11-9-13(5-6-14(11)17)16(21)18-8-2-3-12(10-18)4-7-15(19)20/h5-6,9,12H,2-4,7-8,10H2,1H3,(H,19,20). The van der Waals surface area contributed by atoms with Gasteiger partial charge in [0.25, 0.3) is 5.91 Å². The van der Waals surface area contributed by atoms with Gasteiger partial charge in [-0.15, -0.1) is 0 Å². The van der Waals surface area contributed by atoms with E-state index in [0.29, 0.717) is 30.6 Å². The number of likely N-dealkylation sites (tertiary alicyclic amines) is 1. The number of aliphatic carboxylic acids is 1. The van der Waals surface area contributed by atoms with E-state index in [4.69, 9.17) is 5.11 Å². The molecule has 0 radical (unpaired) electrons. The van der Waals surface area contributed by atoms with E-state index in [-0.39, 0.29) is 24.1 Å². The van der Waals surface area contributed by atoms with Crippen LogP contribution in [0, 0.1) is 18.7 Å². The molecule has 1 saturated heterocycles. The maximum atomic E-state index is 13.3. The minimum Gasteiger partial charge on any atom is -0.481 e. The van der Waals surface area contributed by atoms with E-state index >= 15 is 0 Å². The van der Waals surface area contributed by atoms with E-state index in [0.717, 1.165) is 12.8 Å². The van der Waals surface area contributed by atoms with Crippen LogP contribution >= 0.6 is 0 Å². The van der Waals surface area contributed by atoms with Crippen molar-refractivity contribution in [1.82, 2.24) is 4.90 Å². The van der Waals surface area contributed by atoms with Crippen LogP contribution < -0.4 is 0 Å². The smallest absolute Gasteiger partial charge is 0.303 e. The zero-order chi connectivity index (χ0) is 15.4. The first kappa shape index (κ1) is 15.5. The fraction of sp³-hybridized carbons (Fsp3) is 0.500. The number of aryl methyl sites for hydroxylation is 1. The highest BCUT2D eigenvalue weighted by atomic mass is 19.1. The number of piperidine rings is 1. The number of hydrogen-bond acceptors (Lipinski definition) is 2. The highest BCUT2D eigenvalue weighted by Gasteiger charge is 2.25. The molecule has 0 aromatic heterocycles. The molecule has 2 rings (SSSR count). The Morgan fingerprint density at radius 1 is 1.43 bits per heavy atom. The normalized spacial score (nSPS) is 18.6. The van der Waals surface area contributed by atoms with Crippen molar-refractivity contribution in [2.45, 2.75) is 32.6 Å². The summed E-state index contributed by atoms with van der Waals surface area (Å²) in [5.74, 6) is -0.976. The third-order valence-corrected chi connectivity index (χ3v) is 3.98. The first-order valence-corrected chi connectivity index (χ1v) is 7.24. The Hall–Kier alpha value is -1.91. The molecule has 0 aliphatic carbocycles. The quantitative estimate of drug-likeness (QED) is 0.928. The van der Waals surface area contributed by atoms with E-state index in [1.807, 2.05) is 0 Å². The molecule has 1 unspecified atom stereocenters. The summed E-state index contributed by atoms with van der Waals surface area (Å²) in [7, 11) is 0. The van der Waals surface area contributed by atoms with Gasteiger partial charge in [0.2, 0.25) is 0 Å². The van der Waals surface area contributed by atoms with Gasteiger partial charge >= 0.3 is 5.97 Å². The predicted octanol–water partition coefficient (Wildman–Crippen LogP) is 2.85. The highest BCUT2D eigenvalue weighted by molar-refractivity contribution is 5.94. The SMILES string of the molecule is Cc1cc(C(=O)N2CCCC(CCC(=O)O)C2)ccc1F. The molecular weight excluding hydrogens is 273 g/mol. The second-order valence-electron chi connectivity index (χ2n) is 5.66. The largest absolute Gasteiger partial charge is 0.481 e. The van der Waals surface area contributed by atoms with Crippen LogP contribution in [-0.2, 0) is 4.79 Å². The molecule has 1 aliphatic rings. The summed E-state index contributed by atoms with van der Waals surface area (Å²) in [5, 5.41) is 8.74. The van der Waals surface area contributed by atoms with Gasteiger partial charge in [-0.2, -0.15) is 0 Å². The van der Waals surface area contributed by atoms with Crippen LogP contribution in [0.5, 0.6) is 0 Å². The number of carbonyl (C=O) groups is 2. The Labute approximate surface area is 123 Å². The van der Waals surface area contributed by atoms with E-state index in [2.05, 4.69) is 0 Å². The average Bonchev–Trinajstić information content (AvgIpc) is 2.47. The van der Waals surface area contributed by atoms with Crippen LogP contribution in [0.1, 0.15) is 41.6 Å². The number of amides is 1. The third kappa shape index (κ3) is 4.03. The number of rotatable bonds is 4. The minimum absolute atomic E-state index is 0.0990. The van der Waals surface area contributed by atoms with E-state index in [1.54, 1.807) is 17.9 Å². The lowest BCUT2D eigenvalue weighted by atomic mass is 9.93. The molecule has 1 fully saturated rings. The van der Waals surface area contributed by atoms with Gasteiger partial charge in [0.15, 0.2) is 0 Å². The number of benzene rings is 1. The molecule has 0 bridgehead atoms. The number of carboxylic acids is 1. The maximum absolute atomic E-state index is 13.3. The van der Waals surface area contributed by atoms with Gasteiger partial charge in [0.05, 0.1) is 0 Å². The van der Waals surface area contributed by atoms with Crippen molar-refractivity contribution in [2.75, 3.05) is 13.1 Å². The first-order valence-electron chi connectivity index (χ1n) is 7.24. The van der Waals surface area contributed by atoms with Crippen LogP contribution in [0.3, 0.4) is 0 Å². The maximum Gasteiger partial charge on any atom is 0.303 e. The van der Waals surface area contributed by atoms with Gasteiger partial charge < -0.3 is 10.0 Å². The molecule has 1 amide bonds. The summed E-state index contributed by atoms with van der Waals surface area (Å²) in [6.07, 6.45) is 2.58. The fourth-order valence-corrected chi connectivity index (χ4v) is 2.77. The molecule has 1 atom stereocenters. The van der Waals surface area contributed by atoms with Crippen molar-refractivity contribution in [3.63, 3.8) is 0 Å². The highest BCUT2D eigenvalue weighted by Crippen LogP contribution is 2.23. The zero-order valence-corrected chi connectivity index (χ0v) is 12.1. The van der Waals surface area contributed by atoms with Crippen molar-refractivity contribution in [3.8, 4) is 0 Å². The van der Waals surface area contributed by atoms with E-state index in [9.17, 15) is 14.0 Å². The Morgan fingerprint density at radius 2 is 2.19 bits per heavy atom. The second-order valence-corrected chi connectivity index (χ2v) is 5.66. The molecule has 1 N–H and O–H groups in total. The number of hydrogen-bond donors (Lipinski definition) is 1. The molecule has 4 nitrogen and oxygen atoms in total. The molecule has 1 aromatic carbocycles. The molecule has 0 saturated carbocycles. The predicted molar refractivity (Wildman–Crippen MR) is 76.6 cm³/mol. The molecule has 0 spiro atoms. The van der Waals surface area contributed by atoms with E-state index < -0.39 is 5.97 Å². The topological polar surface area (TPSA) is 57.6 Å². The van der Waals surface area contributed by atoms with Gasteiger partial charge in [-0.1, -0.05) is 0 Å². The lowest BCUT2D eigenvalue weighted by molar-refractivity contribution is -0.137. The second kappa shape index (κ2) is 6.70. The van der Waals surface area contributed by atoms with Gasteiger partial charge in [0.1, 0.15) is 5.82 Å². The summed E-state index contributed by atoms with van der Waals surface area (Å²) in [6, 6.07) is 4.39. The average molecular weight is 293 g/mol. The first-order chi connectivity index (χ1) is 9.97. The van der Waals surface area contributed by atoms with Crippen LogP contribution in [0.15, 0.2) is 18.2 Å².